The predicted octanol–water partition coefficient (Wildman–Crippen LogP) is 8.79. The Kier molecular flexibility index (Phi) is 46.5. The highest BCUT2D eigenvalue weighted by Gasteiger charge is 2.58. The van der Waals surface area contributed by atoms with E-state index in [9.17, 15) is 74.9 Å². The van der Waals surface area contributed by atoms with Crippen LogP contribution in [0.5, 0.6) is 0 Å². The van der Waals surface area contributed by atoms with Gasteiger partial charge >= 0.3 is 25.7 Å². The van der Waals surface area contributed by atoms with E-state index in [2.05, 4.69) is 32.9 Å². The second kappa shape index (κ2) is 50.9. The zero-order valence-corrected chi connectivity index (χ0v) is 57.4. The zero-order valence-electron chi connectivity index (χ0n) is 56.5. The van der Waals surface area contributed by atoms with Crippen LogP contribution < -0.4 is 0 Å². The van der Waals surface area contributed by atoms with E-state index in [0.29, 0.717) is 25.7 Å². The maximum absolute atomic E-state index is 14.3. The molecule has 2 saturated heterocycles. The smallest absolute Gasteiger partial charge is 0.463 e. The largest absolute Gasteiger partial charge is 0.472 e. The number of allylic oxidation sites excluding steroid dienone is 2. The fourth-order valence-corrected chi connectivity index (χ4v) is 12.8. The van der Waals surface area contributed by atoms with Gasteiger partial charge in [0.15, 0.2) is 18.7 Å². The zero-order chi connectivity index (χ0) is 68.2. The van der Waals surface area contributed by atoms with Crippen LogP contribution >= 0.6 is 7.82 Å². The molecule has 0 aromatic heterocycles. The van der Waals surface area contributed by atoms with Gasteiger partial charge in [-0.25, -0.2) is 4.57 Å². The van der Waals surface area contributed by atoms with Crippen LogP contribution in [0.2, 0.25) is 0 Å². The number of carbonyl (C=O) groups is 3. The summed E-state index contributed by atoms with van der Waals surface area (Å²) in [5.41, 5.74) is 0. The van der Waals surface area contributed by atoms with E-state index in [1.54, 1.807) is 0 Å². The topological polar surface area (TPSA) is 374 Å². The molecule has 18 unspecified atom stereocenters. The van der Waals surface area contributed by atoms with Gasteiger partial charge in [0, 0.05) is 19.3 Å². The average Bonchev–Trinajstić information content (AvgIpc) is 0.770. The fourth-order valence-electron chi connectivity index (χ4n) is 11.9. The van der Waals surface area contributed by atoms with Crippen LogP contribution in [0.4, 0.5) is 0 Å². The van der Waals surface area contributed by atoms with Crippen molar-refractivity contribution in [2.24, 2.45) is 0 Å². The summed E-state index contributed by atoms with van der Waals surface area (Å²) in [6.07, 6.45) is 7.37. The average molecular weight is 1360 g/mol. The van der Waals surface area contributed by atoms with E-state index in [-0.39, 0.29) is 19.3 Å². The molecule has 18 atom stereocenters. The highest BCUT2D eigenvalue weighted by atomic mass is 31.2. The first-order valence-electron chi connectivity index (χ1n) is 36.0. The maximum atomic E-state index is 14.3. The highest BCUT2D eigenvalue weighted by Crippen LogP contribution is 2.49. The number of phosphoric ester groups is 1. The van der Waals surface area contributed by atoms with Crippen molar-refractivity contribution in [3.63, 3.8) is 0 Å². The molecule has 0 aromatic rings. The Morgan fingerprint density at radius 3 is 1.17 bits per heavy atom. The van der Waals surface area contributed by atoms with Crippen LogP contribution in [0.3, 0.4) is 0 Å². The number of rotatable bonds is 55. The normalized spacial score (nSPS) is 28.5. The summed E-state index contributed by atoms with van der Waals surface area (Å²) in [5.74, 6) is -2.00. The number of hydrogen-bond acceptors (Lipinski definition) is 23. The Balaban J connectivity index is 1.76. The molecule has 24 nitrogen and oxygen atoms in total. The number of phosphoric acid groups is 1. The van der Waals surface area contributed by atoms with Crippen molar-refractivity contribution in [2.75, 3.05) is 26.4 Å². The summed E-state index contributed by atoms with van der Waals surface area (Å²) in [6, 6.07) is 0. The molecule has 3 fully saturated rings. The van der Waals surface area contributed by atoms with E-state index in [1.807, 2.05) is 0 Å². The van der Waals surface area contributed by atoms with E-state index in [1.165, 1.54) is 116 Å². The van der Waals surface area contributed by atoms with Crippen LogP contribution in [-0.4, -0.2) is 204 Å². The van der Waals surface area contributed by atoms with E-state index in [0.717, 1.165) is 89.9 Å². The van der Waals surface area contributed by atoms with Gasteiger partial charge in [-0.15, -0.1) is 0 Å². The van der Waals surface area contributed by atoms with Gasteiger partial charge in [-0.1, -0.05) is 219 Å². The summed E-state index contributed by atoms with van der Waals surface area (Å²) in [5, 5.41) is 110. The molecule has 1 aliphatic carbocycles. The van der Waals surface area contributed by atoms with Crippen molar-refractivity contribution < 1.29 is 117 Å². The van der Waals surface area contributed by atoms with Gasteiger partial charge in [0.1, 0.15) is 98.7 Å². The van der Waals surface area contributed by atoms with Gasteiger partial charge < -0.3 is 89.1 Å². The molecule has 0 amide bonds. The number of ether oxygens (including phenoxy) is 7. The predicted molar refractivity (Wildman–Crippen MR) is 347 cm³/mol. The van der Waals surface area contributed by atoms with E-state index < -0.39 is 156 Å². The molecular weight excluding hydrogens is 1230 g/mol. The SMILES string of the molecule is CCCCCCCC/C=C\CCCCCC(=O)OC(COC(=O)CCCCCCCCCCCCCC)COP(=O)(O)OC1C(OC2OC(CO)C(O)C(O)C2O)C(O)C(O)C(O)C1OC1OC(COC(=O)CCCCCCCCCCCCCCC)C(O)C(O)C1O. The number of hydrogen-bond donors (Lipinski definition) is 11. The molecule has 25 heteroatoms. The summed E-state index contributed by atoms with van der Waals surface area (Å²) in [7, 11) is -5.69. The molecule has 3 aliphatic rings. The lowest BCUT2D eigenvalue weighted by molar-refractivity contribution is -0.360. The van der Waals surface area contributed by atoms with E-state index in [4.69, 9.17) is 42.2 Å². The van der Waals surface area contributed by atoms with Gasteiger partial charge in [0.25, 0.3) is 0 Å². The quantitative estimate of drug-likeness (QED) is 0.00890. The number of aliphatic hydroxyl groups is 10. The molecule has 0 bridgehead atoms. The first-order chi connectivity index (χ1) is 44.8. The summed E-state index contributed by atoms with van der Waals surface area (Å²) < 4.78 is 64.8. The second-order valence-electron chi connectivity index (χ2n) is 26.0. The van der Waals surface area contributed by atoms with Gasteiger partial charge in [0.05, 0.1) is 13.2 Å². The summed E-state index contributed by atoms with van der Waals surface area (Å²) in [6.45, 7) is 3.40. The minimum atomic E-state index is -5.69. The van der Waals surface area contributed by atoms with Crippen molar-refractivity contribution in [3.8, 4) is 0 Å². The summed E-state index contributed by atoms with van der Waals surface area (Å²) >= 11 is 0. The van der Waals surface area contributed by atoms with Crippen LogP contribution in [0, 0.1) is 0 Å². The van der Waals surface area contributed by atoms with Gasteiger partial charge in [-0.05, 0) is 44.9 Å². The van der Waals surface area contributed by atoms with Crippen molar-refractivity contribution in [1.82, 2.24) is 0 Å². The minimum Gasteiger partial charge on any atom is -0.463 e. The van der Waals surface area contributed by atoms with Gasteiger partial charge in [-0.3, -0.25) is 23.4 Å². The Morgan fingerprint density at radius 2 is 0.753 bits per heavy atom. The lowest BCUT2D eigenvalue weighted by atomic mass is 9.84. The monoisotopic (exact) mass is 1360 g/mol. The number of esters is 3. The van der Waals surface area contributed by atoms with Crippen LogP contribution in [0.25, 0.3) is 0 Å². The second-order valence-corrected chi connectivity index (χ2v) is 27.4. The first kappa shape index (κ1) is 84.9. The number of aliphatic hydroxyl groups excluding tert-OH is 10. The molecule has 0 radical (unpaired) electrons. The molecule has 3 rings (SSSR count). The number of carbonyl (C=O) groups excluding carboxylic acids is 3. The van der Waals surface area contributed by atoms with Crippen LogP contribution in [-0.2, 0) is 61.2 Å². The Bertz CT molecular complexity index is 1990. The Morgan fingerprint density at radius 1 is 0.409 bits per heavy atom. The summed E-state index contributed by atoms with van der Waals surface area (Å²) in [4.78, 5) is 50.8. The van der Waals surface area contributed by atoms with Crippen LogP contribution in [0.1, 0.15) is 271 Å². The highest BCUT2D eigenvalue weighted by molar-refractivity contribution is 7.47. The Hall–Kier alpha value is -2.30. The third kappa shape index (κ3) is 34.9. The number of unbranched alkanes of at least 4 members (excludes halogenated alkanes) is 32. The third-order valence-corrected chi connectivity index (χ3v) is 18.8. The van der Waals surface area contributed by atoms with Crippen molar-refractivity contribution in [3.05, 3.63) is 12.2 Å². The van der Waals surface area contributed by atoms with E-state index >= 15 is 0 Å². The van der Waals surface area contributed by atoms with Crippen molar-refractivity contribution in [2.45, 2.75) is 375 Å². The molecule has 546 valence electrons. The molecule has 0 spiro atoms. The fraction of sp³-hybridized carbons (Fsp3) is 0.926. The molecule has 2 heterocycles. The Labute approximate surface area is 554 Å². The molecule has 2 aliphatic heterocycles. The van der Waals surface area contributed by atoms with Crippen molar-refractivity contribution in [1.29, 1.82) is 0 Å². The van der Waals surface area contributed by atoms with Gasteiger partial charge in [0.2, 0.25) is 0 Å². The molecule has 93 heavy (non-hydrogen) atoms. The minimum absolute atomic E-state index is 0.0316. The molecule has 0 aromatic carbocycles. The lowest BCUT2D eigenvalue weighted by Gasteiger charge is -2.49. The molecule has 1 saturated carbocycles. The standard InChI is InChI=1S/C68H125O24P/c1-4-7-10-13-16-19-22-25-28-31-34-37-40-43-53(71)85-48-51-56(74)58(76)63(81)68(89-51)91-65-61(79)59(77)60(78)64(90-67-62(80)57(75)55(73)50(45-69)88-67)66(65)92-93(82,83)86-47-49(46-84-52(70)42-39-36-33-30-27-24-21-18-15-12-9-6-3)87-54(72)44-41-38-35-32-29-26-23-20-17-14-11-8-5-2/h26,29,49-51,55-69,73-81H,4-25,27-28,30-48H2,1-3H3,(H,82,83)/b29-26-. The maximum Gasteiger partial charge on any atom is 0.472 e. The first-order valence-corrected chi connectivity index (χ1v) is 37.5. The lowest BCUT2D eigenvalue weighted by Crippen LogP contribution is -2.69. The van der Waals surface area contributed by atoms with Crippen molar-refractivity contribution >= 4 is 25.7 Å². The van der Waals surface area contributed by atoms with Crippen LogP contribution in [0.15, 0.2) is 12.2 Å². The van der Waals surface area contributed by atoms with Gasteiger partial charge in [-0.2, -0.15) is 0 Å². The molecule has 11 N–H and O–H groups in total. The molecular formula is C68H125O24P. The third-order valence-electron chi connectivity index (χ3n) is 17.8.